The summed E-state index contributed by atoms with van der Waals surface area (Å²) in [6.45, 7) is 13.0. The molecule has 0 fully saturated rings. The maximum Gasteiger partial charge on any atom is 0.313 e. The zero-order valence-corrected chi connectivity index (χ0v) is 21.4. The van der Waals surface area contributed by atoms with Crippen LogP contribution in [0.5, 0.6) is 0 Å². The first kappa shape index (κ1) is 29.8. The van der Waals surface area contributed by atoms with Crippen molar-refractivity contribution in [1.82, 2.24) is 0 Å². The number of methoxy groups -OCH3 is 1. The zero-order valence-electron chi connectivity index (χ0n) is 21.4. The first-order valence-electron chi connectivity index (χ1n) is 13.1. The molecule has 0 aromatic heterocycles. The van der Waals surface area contributed by atoms with Crippen molar-refractivity contribution in [1.29, 1.82) is 0 Å². The van der Waals surface area contributed by atoms with E-state index in [1.54, 1.807) is 0 Å². The molecule has 0 aliphatic rings. The Hall–Kier alpha value is -0.160. The van der Waals surface area contributed by atoms with Gasteiger partial charge in [-0.05, 0) is 32.1 Å². The molecule has 0 saturated heterocycles. The molecule has 0 aliphatic carbocycles. The quantitative estimate of drug-likeness (QED) is 0.121. The predicted molar refractivity (Wildman–Crippen MR) is 128 cm³/mol. The Balaban J connectivity index is 5.59. The van der Waals surface area contributed by atoms with Crippen molar-refractivity contribution >= 4 is 0 Å². The summed E-state index contributed by atoms with van der Waals surface area (Å²) < 4.78 is 25.8. The smallest absolute Gasteiger partial charge is 0.313 e. The highest BCUT2D eigenvalue weighted by Gasteiger charge is 2.55. The molecule has 4 heteroatoms. The van der Waals surface area contributed by atoms with Gasteiger partial charge in [0.25, 0.3) is 0 Å². The Labute approximate surface area is 188 Å². The molecule has 182 valence electrons. The van der Waals surface area contributed by atoms with E-state index in [1.165, 1.54) is 32.1 Å². The summed E-state index contributed by atoms with van der Waals surface area (Å²) in [5, 5.41) is 0. The maximum absolute atomic E-state index is 6.50. The minimum absolute atomic E-state index is 0.568. The van der Waals surface area contributed by atoms with Gasteiger partial charge in [0.05, 0.1) is 19.8 Å². The average Bonchev–Trinajstić information content (AvgIpc) is 2.75. The van der Waals surface area contributed by atoms with E-state index in [0.29, 0.717) is 19.8 Å². The van der Waals surface area contributed by atoms with Gasteiger partial charge in [-0.25, -0.2) is 0 Å². The molecule has 1 atom stereocenters. The molecule has 0 aromatic rings. The Kier molecular flexibility index (Phi) is 19.4. The Bertz CT molecular complexity index is 334. The summed E-state index contributed by atoms with van der Waals surface area (Å²) in [6.07, 6.45) is 16.6. The fourth-order valence-electron chi connectivity index (χ4n) is 3.93. The maximum atomic E-state index is 6.50. The van der Waals surface area contributed by atoms with Crippen molar-refractivity contribution in [3.8, 4) is 0 Å². The summed E-state index contributed by atoms with van der Waals surface area (Å²) in [5.74, 6) is -1.11. The lowest BCUT2D eigenvalue weighted by Crippen LogP contribution is -2.61. The molecule has 30 heavy (non-hydrogen) atoms. The third-order valence-electron chi connectivity index (χ3n) is 5.91. The highest BCUT2D eigenvalue weighted by molar-refractivity contribution is 4.91. The molecular weight excluding hydrogens is 376 g/mol. The SMILES string of the molecule is CCCCCCCCC(CCC)(OC)C(OCCCC)(OCCCC)OCCCC. The van der Waals surface area contributed by atoms with Gasteiger partial charge >= 0.3 is 5.97 Å². The van der Waals surface area contributed by atoms with Gasteiger partial charge in [-0.1, -0.05) is 98.8 Å². The van der Waals surface area contributed by atoms with Crippen molar-refractivity contribution in [3.63, 3.8) is 0 Å². The van der Waals surface area contributed by atoms with E-state index in [4.69, 9.17) is 18.9 Å². The van der Waals surface area contributed by atoms with E-state index < -0.39 is 11.6 Å². The molecule has 4 nitrogen and oxygen atoms in total. The van der Waals surface area contributed by atoms with Crippen LogP contribution in [-0.2, 0) is 18.9 Å². The molecule has 0 rings (SSSR count). The second kappa shape index (κ2) is 19.5. The molecule has 0 amide bonds. The highest BCUT2D eigenvalue weighted by atomic mass is 16.9. The van der Waals surface area contributed by atoms with E-state index in [-0.39, 0.29) is 0 Å². The number of hydrogen-bond acceptors (Lipinski definition) is 4. The second-order valence-electron chi connectivity index (χ2n) is 8.63. The molecule has 1 unspecified atom stereocenters. The summed E-state index contributed by atoms with van der Waals surface area (Å²) in [7, 11) is 1.82. The van der Waals surface area contributed by atoms with Gasteiger partial charge in [0, 0.05) is 7.11 Å². The predicted octanol–water partition coefficient (Wildman–Crippen LogP) is 8.03. The minimum atomic E-state index is -1.11. The van der Waals surface area contributed by atoms with Gasteiger partial charge in [0.2, 0.25) is 0 Å². The summed E-state index contributed by atoms with van der Waals surface area (Å²) in [4.78, 5) is 0. The Morgan fingerprint density at radius 1 is 0.467 bits per heavy atom. The Morgan fingerprint density at radius 2 is 0.900 bits per heavy atom. The number of ether oxygens (including phenoxy) is 4. The standard InChI is InChI=1S/C26H54O4/c1-7-12-16-17-18-19-21-25(27-6,20-11-5)26(28-22-13-8-2,29-23-14-9-3)30-24-15-10-4/h7-24H2,1-6H3. The van der Waals surface area contributed by atoms with Crippen LogP contribution in [0.1, 0.15) is 131 Å². The fourth-order valence-corrected chi connectivity index (χ4v) is 3.93. The lowest BCUT2D eigenvalue weighted by molar-refractivity contribution is -0.447. The number of unbranched alkanes of at least 4 members (excludes halogenated alkanes) is 8. The molecule has 0 bridgehead atoms. The molecule has 0 radical (unpaired) electrons. The van der Waals surface area contributed by atoms with Crippen LogP contribution in [0.4, 0.5) is 0 Å². The first-order chi connectivity index (χ1) is 14.6. The van der Waals surface area contributed by atoms with Gasteiger partial charge in [-0.2, -0.15) is 0 Å². The summed E-state index contributed by atoms with van der Waals surface area (Å²) in [5.41, 5.74) is -0.568. The third-order valence-corrected chi connectivity index (χ3v) is 5.91. The average molecular weight is 431 g/mol. The van der Waals surface area contributed by atoms with Gasteiger partial charge in [-0.15, -0.1) is 0 Å². The molecule has 0 spiro atoms. The van der Waals surface area contributed by atoms with Gasteiger partial charge in [0.15, 0.2) is 0 Å². The van der Waals surface area contributed by atoms with E-state index in [9.17, 15) is 0 Å². The minimum Gasteiger partial charge on any atom is -0.370 e. The molecule has 0 saturated carbocycles. The number of hydrogen-bond donors (Lipinski definition) is 0. The van der Waals surface area contributed by atoms with Crippen LogP contribution in [-0.4, -0.2) is 38.5 Å². The number of rotatable bonds is 23. The van der Waals surface area contributed by atoms with Gasteiger partial charge in [0.1, 0.15) is 5.60 Å². The van der Waals surface area contributed by atoms with Crippen molar-refractivity contribution in [3.05, 3.63) is 0 Å². The van der Waals surface area contributed by atoms with E-state index in [2.05, 4.69) is 34.6 Å². The van der Waals surface area contributed by atoms with Crippen LogP contribution in [0.2, 0.25) is 0 Å². The third kappa shape index (κ3) is 10.9. The fraction of sp³-hybridized carbons (Fsp3) is 1.00. The van der Waals surface area contributed by atoms with Crippen molar-refractivity contribution in [2.45, 2.75) is 143 Å². The van der Waals surface area contributed by atoms with Crippen LogP contribution in [0, 0.1) is 0 Å². The normalized spacial score (nSPS) is 14.2. The van der Waals surface area contributed by atoms with Crippen LogP contribution >= 0.6 is 0 Å². The van der Waals surface area contributed by atoms with Crippen LogP contribution in [0.3, 0.4) is 0 Å². The highest BCUT2D eigenvalue weighted by Crippen LogP contribution is 2.41. The van der Waals surface area contributed by atoms with Crippen LogP contribution in [0.25, 0.3) is 0 Å². The molecular formula is C26H54O4. The van der Waals surface area contributed by atoms with E-state index >= 15 is 0 Å². The van der Waals surface area contributed by atoms with Gasteiger partial charge < -0.3 is 18.9 Å². The monoisotopic (exact) mass is 430 g/mol. The Morgan fingerprint density at radius 3 is 1.30 bits per heavy atom. The lowest BCUT2D eigenvalue weighted by Gasteiger charge is -2.48. The van der Waals surface area contributed by atoms with Crippen molar-refractivity contribution in [2.24, 2.45) is 0 Å². The lowest BCUT2D eigenvalue weighted by atomic mass is 9.87. The summed E-state index contributed by atoms with van der Waals surface area (Å²) in [6, 6.07) is 0. The van der Waals surface area contributed by atoms with Crippen molar-refractivity contribution < 1.29 is 18.9 Å². The molecule has 0 aliphatic heterocycles. The molecule has 0 aromatic carbocycles. The largest absolute Gasteiger partial charge is 0.370 e. The van der Waals surface area contributed by atoms with Gasteiger partial charge in [-0.3, -0.25) is 0 Å². The van der Waals surface area contributed by atoms with E-state index in [1.807, 2.05) is 7.11 Å². The zero-order chi connectivity index (χ0) is 22.6. The topological polar surface area (TPSA) is 36.9 Å². The molecule has 0 N–H and O–H groups in total. The second-order valence-corrected chi connectivity index (χ2v) is 8.63. The van der Waals surface area contributed by atoms with Crippen LogP contribution < -0.4 is 0 Å². The molecule has 0 heterocycles. The van der Waals surface area contributed by atoms with Crippen molar-refractivity contribution in [2.75, 3.05) is 26.9 Å². The first-order valence-corrected chi connectivity index (χ1v) is 13.1. The summed E-state index contributed by atoms with van der Waals surface area (Å²) >= 11 is 0. The van der Waals surface area contributed by atoms with Crippen LogP contribution in [0.15, 0.2) is 0 Å². The van der Waals surface area contributed by atoms with E-state index in [0.717, 1.165) is 64.2 Å².